The molecule has 176 valence electrons. The molecule has 11 heteroatoms. The highest BCUT2D eigenvalue weighted by Crippen LogP contribution is 2.28. The van der Waals surface area contributed by atoms with Crippen LogP contribution in [0.25, 0.3) is 5.69 Å². The van der Waals surface area contributed by atoms with E-state index in [9.17, 15) is 24.6 Å². The maximum absolute atomic E-state index is 12.1. The summed E-state index contributed by atoms with van der Waals surface area (Å²) >= 11 is 6.70. The summed E-state index contributed by atoms with van der Waals surface area (Å²) in [5.74, 6) is -2.40. The fraction of sp³-hybridized carbons (Fsp3) is 0.130. The number of nitrogens with one attached hydrogen (secondary N) is 1. The molecule has 0 aliphatic carbocycles. The van der Waals surface area contributed by atoms with Crippen LogP contribution in [0.5, 0.6) is 5.75 Å². The van der Waals surface area contributed by atoms with Crippen molar-refractivity contribution < 1.29 is 29.3 Å². The molecular formula is C23H19Br2N3O6. The minimum atomic E-state index is -1.23. The lowest BCUT2D eigenvalue weighted by Crippen LogP contribution is -2.24. The molecule has 0 radical (unpaired) electrons. The Hall–Kier alpha value is -3.44. The van der Waals surface area contributed by atoms with E-state index < -0.39 is 17.8 Å². The smallest absolute Gasteiger partial charge is 0.335 e. The van der Waals surface area contributed by atoms with E-state index in [1.165, 1.54) is 18.3 Å². The van der Waals surface area contributed by atoms with Gasteiger partial charge in [-0.1, -0.05) is 15.9 Å². The van der Waals surface area contributed by atoms with Crippen molar-refractivity contribution in [2.45, 2.75) is 13.8 Å². The first kappa shape index (κ1) is 25.2. The second-order valence-electron chi connectivity index (χ2n) is 7.20. The van der Waals surface area contributed by atoms with Crippen molar-refractivity contribution in [2.24, 2.45) is 5.10 Å². The Bertz CT molecular complexity index is 1280. The zero-order valence-electron chi connectivity index (χ0n) is 18.0. The van der Waals surface area contributed by atoms with Crippen molar-refractivity contribution >= 4 is 55.9 Å². The van der Waals surface area contributed by atoms with Crippen LogP contribution in [-0.2, 0) is 4.79 Å². The molecule has 0 unspecified atom stereocenters. The number of hydrazone groups is 1. The molecular weight excluding hydrogens is 574 g/mol. The summed E-state index contributed by atoms with van der Waals surface area (Å²) < 4.78 is 8.75. The Morgan fingerprint density at radius 3 is 2.26 bits per heavy atom. The number of ether oxygens (including phenoxy) is 1. The van der Waals surface area contributed by atoms with Crippen LogP contribution in [0.1, 0.15) is 37.7 Å². The van der Waals surface area contributed by atoms with Crippen molar-refractivity contribution in [3.63, 3.8) is 0 Å². The van der Waals surface area contributed by atoms with E-state index in [2.05, 4.69) is 42.4 Å². The number of carboxylic acid groups (broad SMARTS) is 2. The third kappa shape index (κ3) is 5.91. The molecule has 1 aromatic heterocycles. The molecule has 2 aromatic carbocycles. The number of carboxylic acids is 2. The second kappa shape index (κ2) is 10.7. The van der Waals surface area contributed by atoms with Gasteiger partial charge in [-0.05, 0) is 72.2 Å². The van der Waals surface area contributed by atoms with Gasteiger partial charge in [0.25, 0.3) is 5.91 Å². The Balaban J connectivity index is 1.75. The number of aromatic carboxylic acids is 2. The van der Waals surface area contributed by atoms with Gasteiger partial charge in [-0.3, -0.25) is 4.79 Å². The Labute approximate surface area is 211 Å². The molecule has 34 heavy (non-hydrogen) atoms. The summed E-state index contributed by atoms with van der Waals surface area (Å²) in [6.45, 7) is 3.33. The van der Waals surface area contributed by atoms with Crippen LogP contribution in [-0.4, -0.2) is 45.4 Å². The van der Waals surface area contributed by atoms with E-state index in [1.54, 1.807) is 42.7 Å². The standard InChI is InChI=1S/C23H19Br2N3O6/c1-12-5-16(10-26-27-21(29)11-34-20-4-3-17(24)9-19(20)25)13(2)28(12)18-7-14(22(30)31)6-15(8-18)23(32)33/h3-10H,11H2,1-2H3,(H,27,29)(H,30,31)(H,32,33). The number of aryl methyl sites for hydroxylation is 1. The number of amides is 1. The number of nitrogens with zero attached hydrogens (tertiary/aromatic N) is 2. The Morgan fingerprint density at radius 2 is 1.68 bits per heavy atom. The Morgan fingerprint density at radius 1 is 1.03 bits per heavy atom. The number of carbonyl (C=O) groups is 3. The summed E-state index contributed by atoms with van der Waals surface area (Å²) in [4.78, 5) is 35.0. The topological polar surface area (TPSA) is 130 Å². The fourth-order valence-electron chi connectivity index (χ4n) is 3.24. The number of hydrogen-bond donors (Lipinski definition) is 3. The van der Waals surface area contributed by atoms with E-state index in [1.807, 2.05) is 0 Å². The minimum Gasteiger partial charge on any atom is -0.483 e. The number of hydrogen-bond acceptors (Lipinski definition) is 5. The summed E-state index contributed by atoms with van der Waals surface area (Å²) in [5, 5.41) is 22.6. The Kier molecular flexibility index (Phi) is 7.90. The van der Waals surface area contributed by atoms with E-state index in [0.717, 1.165) is 16.2 Å². The van der Waals surface area contributed by atoms with Crippen molar-refractivity contribution in [1.29, 1.82) is 0 Å². The van der Waals surface area contributed by atoms with Gasteiger partial charge in [0.15, 0.2) is 6.61 Å². The quantitative estimate of drug-likeness (QED) is 0.260. The molecule has 9 nitrogen and oxygen atoms in total. The lowest BCUT2D eigenvalue weighted by molar-refractivity contribution is -0.123. The SMILES string of the molecule is Cc1cc(C=NNC(=O)COc2ccc(Br)cc2Br)c(C)n1-c1cc(C(=O)O)cc(C(=O)O)c1. The zero-order chi connectivity index (χ0) is 25.0. The average molecular weight is 593 g/mol. The van der Waals surface area contributed by atoms with Crippen LogP contribution in [0.3, 0.4) is 0 Å². The average Bonchev–Trinajstić information content (AvgIpc) is 3.05. The van der Waals surface area contributed by atoms with E-state index in [-0.39, 0.29) is 17.7 Å². The third-order valence-corrected chi connectivity index (χ3v) is 5.90. The second-order valence-corrected chi connectivity index (χ2v) is 8.97. The highest BCUT2D eigenvalue weighted by atomic mass is 79.9. The largest absolute Gasteiger partial charge is 0.483 e. The molecule has 3 N–H and O–H groups in total. The molecule has 0 saturated heterocycles. The molecule has 3 aromatic rings. The van der Waals surface area contributed by atoms with Gasteiger partial charge in [-0.15, -0.1) is 0 Å². The van der Waals surface area contributed by atoms with Gasteiger partial charge in [0.2, 0.25) is 0 Å². The summed E-state index contributed by atoms with van der Waals surface area (Å²) in [5.41, 5.74) is 4.58. The van der Waals surface area contributed by atoms with Crippen LogP contribution in [0, 0.1) is 13.8 Å². The van der Waals surface area contributed by atoms with Gasteiger partial charge in [-0.25, -0.2) is 15.0 Å². The van der Waals surface area contributed by atoms with Crippen LogP contribution in [0.2, 0.25) is 0 Å². The van der Waals surface area contributed by atoms with Gasteiger partial charge < -0.3 is 19.5 Å². The molecule has 0 spiro atoms. The number of rotatable bonds is 8. The van der Waals surface area contributed by atoms with Crippen molar-refractivity contribution in [1.82, 2.24) is 9.99 Å². The maximum Gasteiger partial charge on any atom is 0.335 e. The summed E-state index contributed by atoms with van der Waals surface area (Å²) in [6, 6.07) is 11.0. The maximum atomic E-state index is 12.1. The van der Waals surface area contributed by atoms with Crippen molar-refractivity contribution in [3.8, 4) is 11.4 Å². The molecule has 0 saturated carbocycles. The number of benzene rings is 2. The van der Waals surface area contributed by atoms with Crippen LogP contribution < -0.4 is 10.2 Å². The zero-order valence-corrected chi connectivity index (χ0v) is 21.2. The predicted molar refractivity (Wildman–Crippen MR) is 132 cm³/mol. The first-order chi connectivity index (χ1) is 16.1. The van der Waals surface area contributed by atoms with Gasteiger partial charge in [-0.2, -0.15) is 5.10 Å². The lowest BCUT2D eigenvalue weighted by atomic mass is 10.1. The highest BCUT2D eigenvalue weighted by Gasteiger charge is 2.16. The van der Waals surface area contributed by atoms with E-state index in [0.29, 0.717) is 27.2 Å². The van der Waals surface area contributed by atoms with Crippen LogP contribution >= 0.6 is 31.9 Å². The molecule has 1 heterocycles. The predicted octanol–water partition coefficient (Wildman–Crippen LogP) is 4.54. The lowest BCUT2D eigenvalue weighted by Gasteiger charge is -2.12. The molecule has 0 atom stereocenters. The number of carbonyl (C=O) groups excluding carboxylic acids is 1. The van der Waals surface area contributed by atoms with Crippen molar-refractivity contribution in [2.75, 3.05) is 6.61 Å². The molecule has 1 amide bonds. The highest BCUT2D eigenvalue weighted by molar-refractivity contribution is 9.11. The summed E-state index contributed by atoms with van der Waals surface area (Å²) in [7, 11) is 0. The molecule has 3 rings (SSSR count). The first-order valence-electron chi connectivity index (χ1n) is 9.77. The third-order valence-electron chi connectivity index (χ3n) is 4.79. The van der Waals surface area contributed by atoms with Gasteiger partial charge >= 0.3 is 11.9 Å². The fourth-order valence-corrected chi connectivity index (χ4v) is 4.41. The van der Waals surface area contributed by atoms with Gasteiger partial charge in [0.05, 0.1) is 21.8 Å². The first-order valence-corrected chi connectivity index (χ1v) is 11.4. The molecule has 0 aliphatic heterocycles. The number of aromatic nitrogens is 1. The van der Waals surface area contributed by atoms with Gasteiger partial charge in [0, 0.05) is 27.1 Å². The summed E-state index contributed by atoms with van der Waals surface area (Å²) in [6.07, 6.45) is 1.45. The monoisotopic (exact) mass is 591 g/mol. The van der Waals surface area contributed by atoms with Gasteiger partial charge in [0.1, 0.15) is 5.75 Å². The number of halogens is 2. The normalized spacial score (nSPS) is 10.9. The van der Waals surface area contributed by atoms with E-state index >= 15 is 0 Å². The molecule has 0 fully saturated rings. The van der Waals surface area contributed by atoms with Crippen molar-refractivity contribution in [3.05, 3.63) is 79.5 Å². The van der Waals surface area contributed by atoms with Crippen LogP contribution in [0.15, 0.2) is 56.5 Å². The van der Waals surface area contributed by atoms with Crippen LogP contribution in [0.4, 0.5) is 0 Å². The minimum absolute atomic E-state index is 0.137. The van der Waals surface area contributed by atoms with E-state index in [4.69, 9.17) is 4.74 Å². The molecule has 0 bridgehead atoms. The molecule has 0 aliphatic rings.